The lowest BCUT2D eigenvalue weighted by Gasteiger charge is -2.35. The van der Waals surface area contributed by atoms with Crippen molar-refractivity contribution in [3.05, 3.63) is 29.3 Å². The fourth-order valence-corrected chi connectivity index (χ4v) is 2.91. The van der Waals surface area contributed by atoms with E-state index in [1.165, 1.54) is 11.0 Å². The quantitative estimate of drug-likeness (QED) is 0.859. The molecule has 0 bridgehead atoms. The molecule has 0 atom stereocenters. The molecule has 0 radical (unpaired) electrons. The summed E-state index contributed by atoms with van der Waals surface area (Å²) in [6.07, 6.45) is -1.55. The summed E-state index contributed by atoms with van der Waals surface area (Å²) >= 11 is 0. The van der Waals surface area contributed by atoms with Crippen LogP contribution in [0.3, 0.4) is 0 Å². The highest BCUT2D eigenvalue weighted by Gasteiger charge is 2.48. The number of halogens is 2. The lowest BCUT2D eigenvalue weighted by Crippen LogP contribution is -2.48. The number of anilines is 1. The van der Waals surface area contributed by atoms with E-state index in [4.69, 9.17) is 5.11 Å². The molecule has 3 rings (SSSR count). The standard InChI is InChI=1S/C14H14F2N2O3/c15-14(16)8-10-9(12(14)19)2-1-3-11(10)17-4-6-18(7-5-17)13(20)21/h1-3H,4-8H2,(H,20,21). The molecule has 1 fully saturated rings. The van der Waals surface area contributed by atoms with E-state index in [0.29, 0.717) is 37.4 Å². The van der Waals surface area contributed by atoms with Gasteiger partial charge in [0.25, 0.3) is 0 Å². The van der Waals surface area contributed by atoms with Crippen LogP contribution in [0.2, 0.25) is 0 Å². The number of nitrogens with zero attached hydrogens (tertiary/aromatic N) is 2. The number of carbonyl (C=O) groups is 2. The third kappa shape index (κ3) is 2.22. The molecule has 7 heteroatoms. The third-order valence-electron chi connectivity index (χ3n) is 4.02. The molecule has 1 aliphatic carbocycles. The minimum Gasteiger partial charge on any atom is -0.465 e. The second-order valence-electron chi connectivity index (χ2n) is 5.27. The van der Waals surface area contributed by atoms with Crippen molar-refractivity contribution in [3.63, 3.8) is 0 Å². The minimum atomic E-state index is -3.33. The number of piperazine rings is 1. The van der Waals surface area contributed by atoms with E-state index in [-0.39, 0.29) is 5.56 Å². The van der Waals surface area contributed by atoms with Gasteiger partial charge in [-0.15, -0.1) is 0 Å². The van der Waals surface area contributed by atoms with Gasteiger partial charge in [-0.05, 0) is 11.6 Å². The number of hydrogen-bond donors (Lipinski definition) is 1. The summed E-state index contributed by atoms with van der Waals surface area (Å²) in [5.41, 5.74) is 1.07. The highest BCUT2D eigenvalue weighted by molar-refractivity contribution is 6.07. The van der Waals surface area contributed by atoms with Crippen LogP contribution in [0.4, 0.5) is 19.3 Å². The first-order valence-electron chi connectivity index (χ1n) is 6.67. The van der Waals surface area contributed by atoms with Crippen molar-refractivity contribution < 1.29 is 23.5 Å². The van der Waals surface area contributed by atoms with Crippen molar-refractivity contribution in [3.8, 4) is 0 Å². The number of ketones is 1. The van der Waals surface area contributed by atoms with Crippen LogP contribution in [0.15, 0.2) is 18.2 Å². The van der Waals surface area contributed by atoms with Crippen molar-refractivity contribution in [2.24, 2.45) is 0 Å². The number of fused-ring (bicyclic) bond motifs is 1. The molecule has 0 aromatic heterocycles. The number of hydrogen-bond acceptors (Lipinski definition) is 3. The van der Waals surface area contributed by atoms with Gasteiger partial charge in [0.15, 0.2) is 0 Å². The number of alkyl halides is 2. The van der Waals surface area contributed by atoms with Crippen molar-refractivity contribution in [1.29, 1.82) is 0 Å². The molecule has 1 saturated heterocycles. The van der Waals surface area contributed by atoms with Crippen LogP contribution >= 0.6 is 0 Å². The summed E-state index contributed by atoms with van der Waals surface area (Å²) < 4.78 is 27.2. The highest BCUT2D eigenvalue weighted by atomic mass is 19.3. The number of Topliss-reactive ketones (excluding diaryl/α,β-unsaturated/α-hetero) is 1. The van der Waals surface area contributed by atoms with Gasteiger partial charge < -0.3 is 14.9 Å². The summed E-state index contributed by atoms with van der Waals surface area (Å²) in [5, 5.41) is 8.92. The second kappa shape index (κ2) is 4.68. The Morgan fingerprint density at radius 1 is 1.19 bits per heavy atom. The Labute approximate surface area is 119 Å². The lowest BCUT2D eigenvalue weighted by atomic mass is 10.1. The average molecular weight is 296 g/mol. The number of rotatable bonds is 1. The number of benzene rings is 1. The van der Waals surface area contributed by atoms with Gasteiger partial charge in [-0.2, -0.15) is 8.78 Å². The maximum atomic E-state index is 13.6. The second-order valence-corrected chi connectivity index (χ2v) is 5.27. The molecule has 0 unspecified atom stereocenters. The first-order valence-corrected chi connectivity index (χ1v) is 6.67. The summed E-state index contributed by atoms with van der Waals surface area (Å²) in [7, 11) is 0. The number of carbonyl (C=O) groups excluding carboxylic acids is 1. The predicted molar refractivity (Wildman–Crippen MR) is 71.2 cm³/mol. The molecular formula is C14H14F2N2O3. The van der Waals surface area contributed by atoms with E-state index in [1.54, 1.807) is 12.1 Å². The predicted octanol–water partition coefficient (Wildman–Crippen LogP) is 1.86. The van der Waals surface area contributed by atoms with E-state index in [9.17, 15) is 18.4 Å². The summed E-state index contributed by atoms with van der Waals surface area (Å²) in [6.45, 7) is 1.51. The zero-order valence-corrected chi connectivity index (χ0v) is 11.2. The zero-order chi connectivity index (χ0) is 15.2. The van der Waals surface area contributed by atoms with E-state index in [0.717, 1.165) is 0 Å². The molecule has 5 nitrogen and oxygen atoms in total. The van der Waals surface area contributed by atoms with E-state index < -0.39 is 24.2 Å². The molecule has 1 N–H and O–H groups in total. The van der Waals surface area contributed by atoms with Gasteiger partial charge in [0.05, 0.1) is 0 Å². The number of carboxylic acid groups (broad SMARTS) is 1. The zero-order valence-electron chi connectivity index (χ0n) is 11.2. The van der Waals surface area contributed by atoms with E-state index in [1.807, 2.05) is 4.90 Å². The van der Waals surface area contributed by atoms with Crippen molar-refractivity contribution >= 4 is 17.6 Å². The van der Waals surface area contributed by atoms with Gasteiger partial charge in [-0.25, -0.2) is 4.79 Å². The summed E-state index contributed by atoms with van der Waals surface area (Å²) in [5.74, 6) is -4.45. The van der Waals surface area contributed by atoms with Crippen molar-refractivity contribution in [2.45, 2.75) is 12.3 Å². The molecule has 1 amide bonds. The van der Waals surface area contributed by atoms with Gasteiger partial charge in [0.1, 0.15) is 0 Å². The summed E-state index contributed by atoms with van der Waals surface area (Å²) in [6, 6.07) is 4.73. The van der Waals surface area contributed by atoms with Crippen LogP contribution in [0.1, 0.15) is 15.9 Å². The maximum Gasteiger partial charge on any atom is 0.407 e. The third-order valence-corrected chi connectivity index (χ3v) is 4.02. The SMILES string of the molecule is O=C(O)N1CCN(c2cccc3c2CC(F)(F)C3=O)CC1. The average Bonchev–Trinajstić information content (AvgIpc) is 2.69. The first-order chi connectivity index (χ1) is 9.90. The Morgan fingerprint density at radius 2 is 1.86 bits per heavy atom. The van der Waals surface area contributed by atoms with Crippen LogP contribution in [-0.4, -0.2) is 54.0 Å². The Balaban J connectivity index is 1.86. The van der Waals surface area contributed by atoms with Crippen LogP contribution in [0.5, 0.6) is 0 Å². The molecule has 21 heavy (non-hydrogen) atoms. The Morgan fingerprint density at radius 3 is 2.48 bits per heavy atom. The van der Waals surface area contributed by atoms with E-state index in [2.05, 4.69) is 0 Å². The summed E-state index contributed by atoms with van der Waals surface area (Å²) in [4.78, 5) is 25.7. The molecule has 1 aromatic rings. The maximum absolute atomic E-state index is 13.6. The molecule has 112 valence electrons. The smallest absolute Gasteiger partial charge is 0.407 e. The normalized spacial score (nSPS) is 20.6. The van der Waals surface area contributed by atoms with Crippen LogP contribution in [0, 0.1) is 0 Å². The largest absolute Gasteiger partial charge is 0.465 e. The molecule has 0 saturated carbocycles. The fourth-order valence-electron chi connectivity index (χ4n) is 2.91. The van der Waals surface area contributed by atoms with Gasteiger partial charge in [0.2, 0.25) is 5.78 Å². The van der Waals surface area contributed by atoms with Crippen LogP contribution < -0.4 is 4.90 Å². The van der Waals surface area contributed by atoms with Gasteiger partial charge in [0, 0.05) is 43.9 Å². The van der Waals surface area contributed by atoms with Crippen LogP contribution in [0.25, 0.3) is 0 Å². The molecule has 0 spiro atoms. The van der Waals surface area contributed by atoms with Crippen molar-refractivity contribution in [2.75, 3.05) is 31.1 Å². The molecule has 1 aliphatic heterocycles. The van der Waals surface area contributed by atoms with Crippen LogP contribution in [-0.2, 0) is 6.42 Å². The molecular weight excluding hydrogens is 282 g/mol. The fraction of sp³-hybridized carbons (Fsp3) is 0.429. The first kappa shape index (κ1) is 13.8. The Kier molecular flexibility index (Phi) is 3.07. The van der Waals surface area contributed by atoms with E-state index >= 15 is 0 Å². The van der Waals surface area contributed by atoms with Crippen molar-refractivity contribution in [1.82, 2.24) is 4.90 Å². The molecule has 1 aromatic carbocycles. The highest BCUT2D eigenvalue weighted by Crippen LogP contribution is 2.39. The molecule has 1 heterocycles. The molecule has 2 aliphatic rings. The topological polar surface area (TPSA) is 60.9 Å². The number of amides is 1. The Bertz CT molecular complexity index is 610. The van der Waals surface area contributed by atoms with Gasteiger partial charge >= 0.3 is 12.0 Å². The monoisotopic (exact) mass is 296 g/mol. The lowest BCUT2D eigenvalue weighted by molar-refractivity contribution is 0.0168. The Hall–Kier alpha value is -2.18. The minimum absolute atomic E-state index is 0.0816. The van der Waals surface area contributed by atoms with Gasteiger partial charge in [-0.1, -0.05) is 12.1 Å². The van der Waals surface area contributed by atoms with Gasteiger partial charge in [-0.3, -0.25) is 4.79 Å².